The van der Waals surface area contributed by atoms with Crippen LogP contribution in [-0.4, -0.2) is 29.9 Å². The van der Waals surface area contributed by atoms with Gasteiger partial charge in [-0.05, 0) is 33.2 Å². The quantitative estimate of drug-likeness (QED) is 0.654. The minimum absolute atomic E-state index is 0.0656. The number of hydrogen-bond acceptors (Lipinski definition) is 2. The van der Waals surface area contributed by atoms with E-state index >= 15 is 0 Å². The second-order valence-electron chi connectivity index (χ2n) is 4.20. The molecule has 3 heteroatoms. The SMILES string of the molecule is C=CCN(C(=O)C(C)CCCN)C(C)C. The van der Waals surface area contributed by atoms with Gasteiger partial charge in [0.1, 0.15) is 0 Å². The van der Waals surface area contributed by atoms with Gasteiger partial charge in [-0.2, -0.15) is 0 Å². The van der Waals surface area contributed by atoms with Crippen LogP contribution in [0.1, 0.15) is 33.6 Å². The number of carbonyl (C=O) groups excluding carboxylic acids is 1. The second kappa shape index (κ2) is 7.46. The van der Waals surface area contributed by atoms with Gasteiger partial charge in [-0.1, -0.05) is 13.0 Å². The molecular formula is C12H24N2O. The molecular weight excluding hydrogens is 188 g/mol. The topological polar surface area (TPSA) is 46.3 Å². The van der Waals surface area contributed by atoms with E-state index in [9.17, 15) is 4.79 Å². The normalized spacial score (nSPS) is 12.6. The molecule has 0 aromatic heterocycles. The van der Waals surface area contributed by atoms with Gasteiger partial charge >= 0.3 is 0 Å². The van der Waals surface area contributed by atoms with Crippen LogP contribution in [0.3, 0.4) is 0 Å². The lowest BCUT2D eigenvalue weighted by Gasteiger charge is -2.28. The molecule has 15 heavy (non-hydrogen) atoms. The van der Waals surface area contributed by atoms with Crippen molar-refractivity contribution in [1.82, 2.24) is 4.90 Å². The smallest absolute Gasteiger partial charge is 0.225 e. The lowest BCUT2D eigenvalue weighted by molar-refractivity contribution is -0.136. The number of nitrogens with two attached hydrogens (primary N) is 1. The van der Waals surface area contributed by atoms with Crippen molar-refractivity contribution in [2.45, 2.75) is 39.7 Å². The summed E-state index contributed by atoms with van der Waals surface area (Å²) in [4.78, 5) is 13.9. The highest BCUT2D eigenvalue weighted by Gasteiger charge is 2.20. The molecule has 88 valence electrons. The summed E-state index contributed by atoms with van der Waals surface area (Å²) in [6, 6.07) is 0.232. The average molecular weight is 212 g/mol. The van der Waals surface area contributed by atoms with Crippen LogP contribution in [0, 0.1) is 5.92 Å². The fraction of sp³-hybridized carbons (Fsp3) is 0.750. The molecule has 0 heterocycles. The largest absolute Gasteiger partial charge is 0.336 e. The van der Waals surface area contributed by atoms with Gasteiger partial charge in [0, 0.05) is 18.5 Å². The molecule has 0 aliphatic heterocycles. The summed E-state index contributed by atoms with van der Waals surface area (Å²) in [5, 5.41) is 0. The average Bonchev–Trinajstić information content (AvgIpc) is 2.21. The first-order valence-corrected chi connectivity index (χ1v) is 5.66. The van der Waals surface area contributed by atoms with Gasteiger partial charge in [-0.15, -0.1) is 6.58 Å². The molecule has 0 spiro atoms. The van der Waals surface area contributed by atoms with Crippen molar-refractivity contribution in [3.8, 4) is 0 Å². The van der Waals surface area contributed by atoms with Crippen molar-refractivity contribution < 1.29 is 4.79 Å². The first kappa shape index (κ1) is 14.2. The summed E-state index contributed by atoms with van der Waals surface area (Å²) >= 11 is 0. The van der Waals surface area contributed by atoms with E-state index in [2.05, 4.69) is 6.58 Å². The van der Waals surface area contributed by atoms with Crippen LogP contribution < -0.4 is 5.73 Å². The highest BCUT2D eigenvalue weighted by atomic mass is 16.2. The maximum Gasteiger partial charge on any atom is 0.225 e. The van der Waals surface area contributed by atoms with E-state index in [4.69, 9.17) is 5.73 Å². The van der Waals surface area contributed by atoms with Crippen LogP contribution in [0.15, 0.2) is 12.7 Å². The van der Waals surface area contributed by atoms with E-state index in [-0.39, 0.29) is 17.9 Å². The summed E-state index contributed by atoms with van der Waals surface area (Å²) in [6.45, 7) is 11.0. The molecule has 0 radical (unpaired) electrons. The maximum atomic E-state index is 12.0. The zero-order valence-electron chi connectivity index (χ0n) is 10.2. The molecule has 0 aliphatic carbocycles. The summed E-state index contributed by atoms with van der Waals surface area (Å²) in [6.07, 6.45) is 3.55. The Morgan fingerprint density at radius 3 is 2.47 bits per heavy atom. The molecule has 0 aromatic carbocycles. The van der Waals surface area contributed by atoms with E-state index < -0.39 is 0 Å². The van der Waals surface area contributed by atoms with Crippen molar-refractivity contribution in [2.75, 3.05) is 13.1 Å². The predicted octanol–water partition coefficient (Wildman–Crippen LogP) is 1.78. The Labute approximate surface area is 93.3 Å². The zero-order chi connectivity index (χ0) is 11.8. The molecule has 0 aliphatic rings. The second-order valence-corrected chi connectivity index (χ2v) is 4.20. The van der Waals surface area contributed by atoms with Gasteiger partial charge in [0.15, 0.2) is 0 Å². The Balaban J connectivity index is 4.28. The Hall–Kier alpha value is -0.830. The molecule has 0 fully saturated rings. The summed E-state index contributed by atoms with van der Waals surface area (Å²) in [7, 11) is 0. The Morgan fingerprint density at radius 2 is 2.07 bits per heavy atom. The van der Waals surface area contributed by atoms with Crippen LogP contribution in [0.2, 0.25) is 0 Å². The van der Waals surface area contributed by atoms with Gasteiger partial charge in [-0.3, -0.25) is 4.79 Å². The fourth-order valence-corrected chi connectivity index (χ4v) is 1.52. The van der Waals surface area contributed by atoms with Crippen LogP contribution in [0.4, 0.5) is 0 Å². The third-order valence-corrected chi connectivity index (χ3v) is 2.50. The van der Waals surface area contributed by atoms with E-state index in [1.165, 1.54) is 0 Å². The summed E-state index contributed by atoms with van der Waals surface area (Å²) in [5.74, 6) is 0.272. The highest BCUT2D eigenvalue weighted by molar-refractivity contribution is 5.78. The van der Waals surface area contributed by atoms with E-state index in [1.807, 2.05) is 25.7 Å². The van der Waals surface area contributed by atoms with Crippen molar-refractivity contribution in [3.63, 3.8) is 0 Å². The maximum absolute atomic E-state index is 12.0. The first-order chi connectivity index (χ1) is 7.04. The number of carbonyl (C=O) groups is 1. The van der Waals surface area contributed by atoms with Gasteiger partial charge < -0.3 is 10.6 Å². The lowest BCUT2D eigenvalue weighted by Crippen LogP contribution is -2.40. The van der Waals surface area contributed by atoms with E-state index in [1.54, 1.807) is 6.08 Å². The minimum atomic E-state index is 0.0656. The lowest BCUT2D eigenvalue weighted by atomic mass is 10.0. The van der Waals surface area contributed by atoms with Crippen LogP contribution in [0.5, 0.6) is 0 Å². The zero-order valence-corrected chi connectivity index (χ0v) is 10.2. The van der Waals surface area contributed by atoms with Crippen molar-refractivity contribution >= 4 is 5.91 Å². The van der Waals surface area contributed by atoms with Crippen LogP contribution in [0.25, 0.3) is 0 Å². The Morgan fingerprint density at radius 1 is 1.47 bits per heavy atom. The molecule has 3 nitrogen and oxygen atoms in total. The molecule has 1 unspecified atom stereocenters. The number of amides is 1. The Kier molecular flexibility index (Phi) is 7.05. The highest BCUT2D eigenvalue weighted by Crippen LogP contribution is 2.11. The van der Waals surface area contributed by atoms with Crippen LogP contribution >= 0.6 is 0 Å². The van der Waals surface area contributed by atoms with Gasteiger partial charge in [-0.25, -0.2) is 0 Å². The number of nitrogens with zero attached hydrogens (tertiary/aromatic N) is 1. The Bertz CT molecular complexity index is 202. The minimum Gasteiger partial charge on any atom is -0.336 e. The molecule has 0 saturated heterocycles. The third-order valence-electron chi connectivity index (χ3n) is 2.50. The first-order valence-electron chi connectivity index (χ1n) is 5.66. The molecule has 0 aromatic rings. The van der Waals surface area contributed by atoms with Crippen LogP contribution in [-0.2, 0) is 4.79 Å². The van der Waals surface area contributed by atoms with Gasteiger partial charge in [0.25, 0.3) is 0 Å². The van der Waals surface area contributed by atoms with Crippen molar-refractivity contribution in [2.24, 2.45) is 11.7 Å². The molecule has 2 N–H and O–H groups in total. The molecule has 0 saturated carbocycles. The fourth-order valence-electron chi connectivity index (χ4n) is 1.52. The van der Waals surface area contributed by atoms with E-state index in [0.29, 0.717) is 13.1 Å². The summed E-state index contributed by atoms with van der Waals surface area (Å²) in [5.41, 5.74) is 5.43. The van der Waals surface area contributed by atoms with Gasteiger partial charge in [0.05, 0.1) is 0 Å². The summed E-state index contributed by atoms with van der Waals surface area (Å²) < 4.78 is 0. The van der Waals surface area contributed by atoms with Crippen molar-refractivity contribution in [3.05, 3.63) is 12.7 Å². The molecule has 0 rings (SSSR count). The molecule has 1 amide bonds. The van der Waals surface area contributed by atoms with Crippen molar-refractivity contribution in [1.29, 1.82) is 0 Å². The third kappa shape index (κ3) is 4.98. The predicted molar refractivity (Wildman–Crippen MR) is 64.5 cm³/mol. The standard InChI is InChI=1S/C12H24N2O/c1-5-9-14(10(2)3)12(15)11(4)7-6-8-13/h5,10-11H,1,6-9,13H2,2-4H3. The molecule has 1 atom stereocenters. The number of rotatable bonds is 7. The molecule has 0 bridgehead atoms. The number of hydrogen-bond donors (Lipinski definition) is 1. The van der Waals surface area contributed by atoms with Gasteiger partial charge in [0.2, 0.25) is 5.91 Å². The monoisotopic (exact) mass is 212 g/mol. The van der Waals surface area contributed by atoms with E-state index in [0.717, 1.165) is 12.8 Å².